The average molecular weight is 589 g/mol. The number of hydrogen-bond donors (Lipinski definition) is 2. The monoisotopic (exact) mass is 588 g/mol. The van der Waals surface area contributed by atoms with Crippen LogP contribution in [-0.2, 0) is 4.74 Å². The standard InChI is InChI=1S/C26H33BrN6O5/c1-15-11-31(12-16(2)38-15)25(35)20-7-18(27)8-21(33(36)37)23(20)30-22-13-32(14-26(22,3)4)24(34)17-6-19(28-5)10-29-9-17/h6-10,15-16,22,28,30H,11-14H2,1-5H3/t15-,16+,22?. The van der Waals surface area contributed by atoms with Gasteiger partial charge >= 0.3 is 0 Å². The lowest BCUT2D eigenvalue weighted by atomic mass is 9.87. The van der Waals surface area contributed by atoms with Crippen molar-refractivity contribution in [2.45, 2.75) is 45.9 Å². The number of nitro groups is 1. The lowest BCUT2D eigenvalue weighted by Crippen LogP contribution is -2.48. The fourth-order valence-corrected chi connectivity index (χ4v) is 5.60. The summed E-state index contributed by atoms with van der Waals surface area (Å²) >= 11 is 3.34. The van der Waals surface area contributed by atoms with Gasteiger partial charge in [0.25, 0.3) is 17.5 Å². The van der Waals surface area contributed by atoms with Crippen LogP contribution >= 0.6 is 15.9 Å². The summed E-state index contributed by atoms with van der Waals surface area (Å²) in [6.07, 6.45) is 2.87. The molecular weight excluding hydrogens is 556 g/mol. The molecule has 3 atom stereocenters. The van der Waals surface area contributed by atoms with Crippen LogP contribution in [0, 0.1) is 15.5 Å². The molecule has 3 heterocycles. The predicted molar refractivity (Wildman–Crippen MR) is 148 cm³/mol. The molecule has 2 amide bonds. The number of benzene rings is 1. The first-order chi connectivity index (χ1) is 17.9. The van der Waals surface area contributed by atoms with Crippen molar-refractivity contribution in [3.63, 3.8) is 0 Å². The Morgan fingerprint density at radius 2 is 1.79 bits per heavy atom. The molecule has 2 aliphatic rings. The van der Waals surface area contributed by atoms with Gasteiger partial charge in [-0.2, -0.15) is 0 Å². The molecule has 204 valence electrons. The maximum atomic E-state index is 13.7. The first kappa shape index (κ1) is 27.8. The number of pyridine rings is 1. The van der Waals surface area contributed by atoms with Gasteiger partial charge in [0.15, 0.2) is 0 Å². The van der Waals surface area contributed by atoms with E-state index in [1.807, 2.05) is 27.7 Å². The van der Waals surface area contributed by atoms with E-state index < -0.39 is 10.3 Å². The third-order valence-corrected chi connectivity index (χ3v) is 7.50. The molecule has 0 radical (unpaired) electrons. The van der Waals surface area contributed by atoms with Crippen molar-refractivity contribution in [2.75, 3.05) is 43.9 Å². The van der Waals surface area contributed by atoms with Crippen molar-refractivity contribution >= 4 is 44.8 Å². The molecule has 1 aromatic heterocycles. The topological polar surface area (TPSA) is 130 Å². The number of aromatic nitrogens is 1. The van der Waals surface area contributed by atoms with Gasteiger partial charge < -0.3 is 25.2 Å². The molecule has 2 fully saturated rings. The van der Waals surface area contributed by atoms with Crippen LogP contribution in [-0.4, -0.2) is 83.0 Å². The van der Waals surface area contributed by atoms with E-state index in [0.29, 0.717) is 36.2 Å². The Hall–Kier alpha value is -3.25. The van der Waals surface area contributed by atoms with E-state index in [-0.39, 0.29) is 47.0 Å². The van der Waals surface area contributed by atoms with E-state index in [0.717, 1.165) is 5.69 Å². The van der Waals surface area contributed by atoms with E-state index in [1.165, 1.54) is 12.3 Å². The fraction of sp³-hybridized carbons (Fsp3) is 0.500. The second kappa shape index (κ2) is 10.9. The molecule has 0 spiro atoms. The zero-order chi connectivity index (χ0) is 27.8. The van der Waals surface area contributed by atoms with Crippen molar-refractivity contribution < 1.29 is 19.2 Å². The van der Waals surface area contributed by atoms with Gasteiger partial charge in [-0.1, -0.05) is 29.8 Å². The number of morpholine rings is 1. The molecule has 38 heavy (non-hydrogen) atoms. The van der Waals surface area contributed by atoms with Crippen LogP contribution < -0.4 is 10.6 Å². The summed E-state index contributed by atoms with van der Waals surface area (Å²) in [4.78, 5) is 46.1. The van der Waals surface area contributed by atoms with Crippen molar-refractivity contribution in [3.8, 4) is 0 Å². The van der Waals surface area contributed by atoms with Gasteiger partial charge in [0.1, 0.15) is 5.69 Å². The summed E-state index contributed by atoms with van der Waals surface area (Å²) < 4.78 is 6.20. The molecular formula is C26H33BrN6O5. The highest BCUT2D eigenvalue weighted by Crippen LogP contribution is 2.39. The second-order valence-corrected chi connectivity index (χ2v) is 11.6. The molecule has 2 saturated heterocycles. The number of hydrogen-bond acceptors (Lipinski definition) is 8. The third-order valence-electron chi connectivity index (χ3n) is 7.04. The van der Waals surface area contributed by atoms with Crippen LogP contribution in [0.2, 0.25) is 0 Å². The molecule has 0 saturated carbocycles. The largest absolute Gasteiger partial charge is 0.387 e. The number of carbonyl (C=O) groups is 2. The fourth-order valence-electron chi connectivity index (χ4n) is 5.15. The first-order valence-electron chi connectivity index (χ1n) is 12.5. The van der Waals surface area contributed by atoms with E-state index in [4.69, 9.17) is 4.74 Å². The number of nitrogens with one attached hydrogen (secondary N) is 2. The molecule has 12 heteroatoms. The second-order valence-electron chi connectivity index (χ2n) is 10.7. The number of ether oxygens (including phenoxy) is 1. The minimum Gasteiger partial charge on any atom is -0.387 e. The summed E-state index contributed by atoms with van der Waals surface area (Å²) in [6.45, 7) is 9.30. The van der Waals surface area contributed by atoms with E-state index >= 15 is 0 Å². The van der Waals surface area contributed by atoms with Gasteiger partial charge in [0, 0.05) is 61.6 Å². The summed E-state index contributed by atoms with van der Waals surface area (Å²) in [7, 11) is 1.76. The first-order valence-corrected chi connectivity index (χ1v) is 13.3. The lowest BCUT2D eigenvalue weighted by molar-refractivity contribution is -0.384. The summed E-state index contributed by atoms with van der Waals surface area (Å²) in [5.41, 5.74) is 0.898. The van der Waals surface area contributed by atoms with Crippen molar-refractivity contribution in [1.82, 2.24) is 14.8 Å². The zero-order valence-corrected chi connectivity index (χ0v) is 23.7. The zero-order valence-electron chi connectivity index (χ0n) is 22.2. The SMILES string of the molecule is CNc1cncc(C(=O)N2CC(Nc3c(C(=O)N4C[C@@H](C)O[C@@H](C)C4)cc(Br)cc3[N+](=O)[O-])C(C)(C)C2)c1. The lowest BCUT2D eigenvalue weighted by Gasteiger charge is -2.36. The van der Waals surface area contributed by atoms with Crippen LogP contribution in [0.3, 0.4) is 0 Å². The molecule has 2 N–H and O–H groups in total. The van der Waals surface area contributed by atoms with Gasteiger partial charge in [-0.05, 0) is 26.0 Å². The van der Waals surface area contributed by atoms with Crippen molar-refractivity contribution in [3.05, 3.63) is 56.3 Å². The number of rotatable bonds is 6. The third kappa shape index (κ3) is 5.75. The number of anilines is 2. The Balaban J connectivity index is 1.66. The van der Waals surface area contributed by atoms with Gasteiger partial charge in [-0.15, -0.1) is 0 Å². The van der Waals surface area contributed by atoms with Crippen molar-refractivity contribution in [1.29, 1.82) is 0 Å². The summed E-state index contributed by atoms with van der Waals surface area (Å²) in [6, 6.07) is 4.40. The van der Waals surface area contributed by atoms with Crippen LogP contribution in [0.15, 0.2) is 35.1 Å². The Kier molecular flexibility index (Phi) is 7.93. The highest BCUT2D eigenvalue weighted by molar-refractivity contribution is 9.10. The molecule has 11 nitrogen and oxygen atoms in total. The number of nitro benzene ring substituents is 1. The maximum Gasteiger partial charge on any atom is 0.294 e. The van der Waals surface area contributed by atoms with Gasteiger partial charge in [0.2, 0.25) is 0 Å². The van der Waals surface area contributed by atoms with Crippen LogP contribution in [0.1, 0.15) is 48.4 Å². The van der Waals surface area contributed by atoms with Gasteiger partial charge in [-0.3, -0.25) is 24.7 Å². The van der Waals surface area contributed by atoms with Crippen LogP contribution in [0.5, 0.6) is 0 Å². The highest BCUT2D eigenvalue weighted by Gasteiger charge is 2.43. The minimum atomic E-state index is -0.492. The molecule has 2 aromatic rings. The number of carbonyl (C=O) groups excluding carboxylic acids is 2. The Labute approximate surface area is 230 Å². The summed E-state index contributed by atoms with van der Waals surface area (Å²) in [5, 5.41) is 18.4. The van der Waals surface area contributed by atoms with Crippen LogP contribution in [0.25, 0.3) is 0 Å². The number of halogens is 1. The molecule has 0 aliphatic carbocycles. The van der Waals surface area contributed by atoms with Gasteiger partial charge in [-0.25, -0.2) is 0 Å². The molecule has 4 rings (SSSR count). The molecule has 1 aromatic carbocycles. The van der Waals surface area contributed by atoms with Crippen LogP contribution in [0.4, 0.5) is 17.1 Å². The van der Waals surface area contributed by atoms with E-state index in [1.54, 1.807) is 35.2 Å². The average Bonchev–Trinajstić information content (AvgIpc) is 3.16. The normalized spacial score (nSPS) is 22.7. The number of amides is 2. The predicted octanol–water partition coefficient (Wildman–Crippen LogP) is 4.01. The maximum absolute atomic E-state index is 13.7. The summed E-state index contributed by atoms with van der Waals surface area (Å²) in [5.74, 6) is -0.484. The van der Waals surface area contributed by atoms with E-state index in [2.05, 4.69) is 31.5 Å². The Morgan fingerprint density at radius 1 is 1.11 bits per heavy atom. The Bertz CT molecular complexity index is 1240. The van der Waals surface area contributed by atoms with Gasteiger partial charge in [0.05, 0.1) is 40.0 Å². The highest BCUT2D eigenvalue weighted by atomic mass is 79.9. The molecule has 2 aliphatic heterocycles. The number of nitrogens with zero attached hydrogens (tertiary/aromatic N) is 4. The molecule has 1 unspecified atom stereocenters. The van der Waals surface area contributed by atoms with Crippen molar-refractivity contribution in [2.24, 2.45) is 5.41 Å². The minimum absolute atomic E-state index is 0.148. The number of likely N-dealkylation sites (tertiary alicyclic amines) is 1. The smallest absolute Gasteiger partial charge is 0.294 e. The molecule has 0 bridgehead atoms. The van der Waals surface area contributed by atoms with E-state index in [9.17, 15) is 19.7 Å². The Morgan fingerprint density at radius 3 is 2.42 bits per heavy atom. The quantitative estimate of drug-likeness (QED) is 0.382.